The number of anilines is 1. The second kappa shape index (κ2) is 8.09. The van der Waals surface area contributed by atoms with Gasteiger partial charge in [-0.05, 0) is 31.5 Å². The first kappa shape index (κ1) is 15.9. The Balaban J connectivity index is 2.92. The maximum atomic E-state index is 9.65. The van der Waals surface area contributed by atoms with Crippen molar-refractivity contribution in [1.82, 2.24) is 4.98 Å². The van der Waals surface area contributed by atoms with Crippen LogP contribution in [0.25, 0.3) is 0 Å². The molecule has 1 unspecified atom stereocenters. The van der Waals surface area contributed by atoms with Crippen molar-refractivity contribution in [1.29, 1.82) is 0 Å². The molecular formula is C14H24N2O3. The fraction of sp³-hybridized carbons (Fsp3) is 0.643. The van der Waals surface area contributed by atoms with Gasteiger partial charge >= 0.3 is 0 Å². The SMILES string of the molecule is COCCN(c1cc([C@@H](C)O)ccn1)C(C)COC. The molecule has 0 aromatic carbocycles. The minimum atomic E-state index is -0.497. The van der Waals surface area contributed by atoms with Gasteiger partial charge in [-0.3, -0.25) is 0 Å². The predicted octanol–water partition coefficient (Wildman–Crippen LogP) is 1.62. The van der Waals surface area contributed by atoms with Gasteiger partial charge in [0.1, 0.15) is 5.82 Å². The van der Waals surface area contributed by atoms with Gasteiger partial charge in [0.15, 0.2) is 0 Å². The van der Waals surface area contributed by atoms with E-state index in [0.717, 1.165) is 17.9 Å². The highest BCUT2D eigenvalue weighted by atomic mass is 16.5. The van der Waals surface area contributed by atoms with Gasteiger partial charge in [0.25, 0.3) is 0 Å². The molecule has 0 aliphatic carbocycles. The fourth-order valence-corrected chi connectivity index (χ4v) is 1.93. The van der Waals surface area contributed by atoms with Crippen molar-refractivity contribution in [2.75, 3.05) is 38.9 Å². The Morgan fingerprint density at radius 3 is 2.63 bits per heavy atom. The van der Waals surface area contributed by atoms with Crippen molar-refractivity contribution in [2.45, 2.75) is 26.0 Å². The number of aliphatic hydroxyl groups excluding tert-OH is 1. The predicted molar refractivity (Wildman–Crippen MR) is 75.4 cm³/mol. The van der Waals surface area contributed by atoms with Gasteiger partial charge in [0.2, 0.25) is 0 Å². The monoisotopic (exact) mass is 268 g/mol. The van der Waals surface area contributed by atoms with Gasteiger partial charge in [-0.25, -0.2) is 4.98 Å². The summed E-state index contributed by atoms with van der Waals surface area (Å²) >= 11 is 0. The summed E-state index contributed by atoms with van der Waals surface area (Å²) in [6, 6.07) is 3.92. The third-order valence-electron chi connectivity index (χ3n) is 3.02. The van der Waals surface area contributed by atoms with Crippen molar-refractivity contribution >= 4 is 5.82 Å². The standard InChI is InChI=1S/C14H24N2O3/c1-11(10-19-4)16(7-8-18-3)14-9-13(12(2)17)5-6-15-14/h5-6,9,11-12,17H,7-8,10H2,1-4H3/t11?,12-/m1/s1. The van der Waals surface area contributed by atoms with Crippen LogP contribution in [0.2, 0.25) is 0 Å². The Morgan fingerprint density at radius 2 is 2.05 bits per heavy atom. The molecule has 0 radical (unpaired) electrons. The molecule has 1 rings (SSSR count). The molecule has 0 bridgehead atoms. The van der Waals surface area contributed by atoms with E-state index in [9.17, 15) is 5.11 Å². The zero-order chi connectivity index (χ0) is 14.3. The maximum Gasteiger partial charge on any atom is 0.129 e. The lowest BCUT2D eigenvalue weighted by atomic mass is 10.1. The average molecular weight is 268 g/mol. The molecule has 5 heteroatoms. The van der Waals surface area contributed by atoms with E-state index >= 15 is 0 Å². The largest absolute Gasteiger partial charge is 0.389 e. The Morgan fingerprint density at radius 1 is 1.32 bits per heavy atom. The lowest BCUT2D eigenvalue weighted by molar-refractivity contribution is 0.170. The third kappa shape index (κ3) is 4.78. The molecule has 0 saturated carbocycles. The minimum Gasteiger partial charge on any atom is -0.389 e. The zero-order valence-corrected chi connectivity index (χ0v) is 12.2. The summed E-state index contributed by atoms with van der Waals surface area (Å²) < 4.78 is 10.3. The molecule has 108 valence electrons. The number of methoxy groups -OCH3 is 2. The van der Waals surface area contributed by atoms with Crippen molar-refractivity contribution < 1.29 is 14.6 Å². The highest BCUT2D eigenvalue weighted by Crippen LogP contribution is 2.19. The molecule has 0 aliphatic heterocycles. The molecule has 0 spiro atoms. The van der Waals surface area contributed by atoms with E-state index in [1.807, 2.05) is 12.1 Å². The summed E-state index contributed by atoms with van der Waals surface area (Å²) in [5.74, 6) is 0.833. The summed E-state index contributed by atoms with van der Waals surface area (Å²) in [5, 5.41) is 9.65. The summed E-state index contributed by atoms with van der Waals surface area (Å²) in [7, 11) is 3.36. The first-order valence-corrected chi connectivity index (χ1v) is 6.48. The van der Waals surface area contributed by atoms with E-state index in [1.54, 1.807) is 27.3 Å². The highest BCUT2D eigenvalue weighted by Gasteiger charge is 2.16. The minimum absolute atomic E-state index is 0.192. The summed E-state index contributed by atoms with van der Waals surface area (Å²) in [4.78, 5) is 6.51. The van der Waals surface area contributed by atoms with Crippen LogP contribution in [0.1, 0.15) is 25.5 Å². The molecule has 2 atom stereocenters. The van der Waals surface area contributed by atoms with Crippen LogP contribution in [0, 0.1) is 0 Å². The molecule has 1 heterocycles. The van der Waals surface area contributed by atoms with Crippen LogP contribution in [0.4, 0.5) is 5.82 Å². The normalized spacial score (nSPS) is 14.2. The van der Waals surface area contributed by atoms with E-state index in [1.165, 1.54) is 0 Å². The van der Waals surface area contributed by atoms with E-state index in [2.05, 4.69) is 16.8 Å². The molecule has 1 aromatic rings. The van der Waals surface area contributed by atoms with Gasteiger partial charge in [0, 0.05) is 27.0 Å². The lowest BCUT2D eigenvalue weighted by Crippen LogP contribution is -2.39. The van der Waals surface area contributed by atoms with E-state index in [4.69, 9.17) is 9.47 Å². The summed E-state index contributed by atoms with van der Waals surface area (Å²) in [6.07, 6.45) is 1.22. The van der Waals surface area contributed by atoms with Gasteiger partial charge in [0.05, 0.1) is 25.4 Å². The molecule has 0 fully saturated rings. The molecule has 5 nitrogen and oxygen atoms in total. The number of aliphatic hydroxyl groups is 1. The highest BCUT2D eigenvalue weighted by molar-refractivity contribution is 5.42. The molecule has 1 N–H and O–H groups in total. The van der Waals surface area contributed by atoms with E-state index in [-0.39, 0.29) is 6.04 Å². The number of hydrogen-bond donors (Lipinski definition) is 1. The molecule has 0 amide bonds. The molecule has 19 heavy (non-hydrogen) atoms. The second-order valence-corrected chi connectivity index (χ2v) is 4.61. The quantitative estimate of drug-likeness (QED) is 0.776. The van der Waals surface area contributed by atoms with Crippen molar-refractivity contribution in [3.8, 4) is 0 Å². The Bertz CT molecular complexity index is 371. The average Bonchev–Trinajstić information content (AvgIpc) is 2.40. The molecule has 0 aliphatic rings. The first-order valence-electron chi connectivity index (χ1n) is 6.48. The Kier molecular flexibility index (Phi) is 6.77. The number of nitrogens with zero attached hydrogens (tertiary/aromatic N) is 2. The first-order chi connectivity index (χ1) is 9.10. The molecule has 1 aromatic heterocycles. The van der Waals surface area contributed by atoms with Gasteiger partial charge in [-0.1, -0.05) is 0 Å². The number of hydrogen-bond acceptors (Lipinski definition) is 5. The topological polar surface area (TPSA) is 54.8 Å². The smallest absolute Gasteiger partial charge is 0.129 e. The number of rotatable bonds is 8. The van der Waals surface area contributed by atoms with Crippen LogP contribution in [0.5, 0.6) is 0 Å². The Labute approximate surface area is 115 Å². The van der Waals surface area contributed by atoms with Crippen LogP contribution >= 0.6 is 0 Å². The van der Waals surface area contributed by atoms with Crippen molar-refractivity contribution in [3.63, 3.8) is 0 Å². The van der Waals surface area contributed by atoms with Crippen molar-refractivity contribution in [2.24, 2.45) is 0 Å². The molecular weight excluding hydrogens is 244 g/mol. The van der Waals surface area contributed by atoms with Crippen LogP contribution in [0.3, 0.4) is 0 Å². The summed E-state index contributed by atoms with van der Waals surface area (Å²) in [5.41, 5.74) is 0.858. The van der Waals surface area contributed by atoms with Crippen LogP contribution in [0.15, 0.2) is 18.3 Å². The van der Waals surface area contributed by atoms with Crippen LogP contribution < -0.4 is 4.90 Å². The third-order valence-corrected chi connectivity index (χ3v) is 3.02. The van der Waals surface area contributed by atoms with E-state index in [0.29, 0.717) is 13.2 Å². The molecule has 0 saturated heterocycles. The van der Waals surface area contributed by atoms with Crippen molar-refractivity contribution in [3.05, 3.63) is 23.9 Å². The van der Waals surface area contributed by atoms with Gasteiger partial charge in [-0.15, -0.1) is 0 Å². The number of ether oxygens (including phenoxy) is 2. The van der Waals surface area contributed by atoms with E-state index < -0.39 is 6.10 Å². The maximum absolute atomic E-state index is 9.65. The number of aromatic nitrogens is 1. The second-order valence-electron chi connectivity index (χ2n) is 4.61. The number of pyridine rings is 1. The lowest BCUT2D eigenvalue weighted by Gasteiger charge is -2.30. The van der Waals surface area contributed by atoms with Gasteiger partial charge < -0.3 is 19.5 Å². The van der Waals surface area contributed by atoms with Crippen LogP contribution in [-0.4, -0.2) is 50.1 Å². The van der Waals surface area contributed by atoms with Crippen LogP contribution in [-0.2, 0) is 9.47 Å². The Hall–Kier alpha value is -1.17. The van der Waals surface area contributed by atoms with Gasteiger partial charge in [-0.2, -0.15) is 0 Å². The zero-order valence-electron chi connectivity index (χ0n) is 12.2. The summed E-state index contributed by atoms with van der Waals surface area (Å²) in [6.45, 7) is 5.79. The fourth-order valence-electron chi connectivity index (χ4n) is 1.93.